The molecule has 0 bridgehead atoms. The Balaban J connectivity index is 1.94. The summed E-state index contributed by atoms with van der Waals surface area (Å²) in [7, 11) is -2.10. The summed E-state index contributed by atoms with van der Waals surface area (Å²) in [6.45, 7) is 5.00. The Kier molecular flexibility index (Phi) is 4.64. The summed E-state index contributed by atoms with van der Waals surface area (Å²) in [5.74, 6) is 0.781. The smallest absolute Gasteiger partial charge is 0.246 e. The van der Waals surface area contributed by atoms with E-state index in [1.807, 2.05) is 23.8 Å². The number of ether oxygens (including phenoxy) is 1. The number of nitrogens with zero attached hydrogens (tertiary/aromatic N) is 3. The summed E-state index contributed by atoms with van der Waals surface area (Å²) in [5.41, 5.74) is 0.894. The van der Waals surface area contributed by atoms with Crippen LogP contribution in [0.3, 0.4) is 0 Å². The highest BCUT2D eigenvalue weighted by molar-refractivity contribution is 7.89. The van der Waals surface area contributed by atoms with Gasteiger partial charge in [0, 0.05) is 25.5 Å². The summed E-state index contributed by atoms with van der Waals surface area (Å²) >= 11 is 0. The molecule has 0 radical (unpaired) electrons. The van der Waals surface area contributed by atoms with Crippen LogP contribution in [-0.2, 0) is 10.0 Å². The van der Waals surface area contributed by atoms with Crippen molar-refractivity contribution in [3.05, 3.63) is 42.5 Å². The largest absolute Gasteiger partial charge is 0.495 e. The van der Waals surface area contributed by atoms with Gasteiger partial charge < -0.3 is 9.30 Å². The fraction of sp³-hybridized carbons (Fsp3) is 0.471. The van der Waals surface area contributed by atoms with E-state index in [2.05, 4.69) is 11.9 Å². The van der Waals surface area contributed by atoms with Gasteiger partial charge in [-0.2, -0.15) is 4.31 Å². The fourth-order valence-electron chi connectivity index (χ4n) is 3.22. The van der Waals surface area contributed by atoms with E-state index < -0.39 is 10.0 Å². The molecule has 1 fully saturated rings. The number of rotatable bonds is 4. The number of hydrogen-bond acceptors (Lipinski definition) is 4. The molecule has 2 aromatic rings. The Bertz CT molecular complexity index is 802. The average Bonchev–Trinajstić information content (AvgIpc) is 3.09. The Morgan fingerprint density at radius 2 is 2.12 bits per heavy atom. The molecule has 0 aliphatic carbocycles. The molecule has 2 heterocycles. The predicted molar refractivity (Wildman–Crippen MR) is 91.5 cm³/mol. The van der Waals surface area contributed by atoms with E-state index in [-0.39, 0.29) is 10.9 Å². The van der Waals surface area contributed by atoms with Crippen LogP contribution in [0.25, 0.3) is 0 Å². The minimum absolute atomic E-state index is 0.0897. The molecule has 7 heteroatoms. The first-order valence-electron chi connectivity index (χ1n) is 8.05. The summed E-state index contributed by atoms with van der Waals surface area (Å²) in [4.78, 5) is 4.33. The molecule has 1 saturated heterocycles. The monoisotopic (exact) mass is 349 g/mol. The zero-order valence-corrected chi connectivity index (χ0v) is 15.0. The molecule has 130 valence electrons. The van der Waals surface area contributed by atoms with Crippen molar-refractivity contribution in [1.82, 2.24) is 13.9 Å². The number of piperidine rings is 1. The second-order valence-corrected chi connectivity index (χ2v) is 8.27. The fourth-order valence-corrected chi connectivity index (χ4v) is 4.93. The Morgan fingerprint density at radius 3 is 2.79 bits per heavy atom. The second-order valence-electron chi connectivity index (χ2n) is 6.36. The third-order valence-corrected chi connectivity index (χ3v) is 6.61. The molecule has 2 atom stereocenters. The van der Waals surface area contributed by atoms with Gasteiger partial charge in [0.15, 0.2) is 0 Å². The maximum atomic E-state index is 13.2. The van der Waals surface area contributed by atoms with E-state index in [0.717, 1.165) is 12.0 Å². The topological polar surface area (TPSA) is 64.4 Å². The first-order valence-corrected chi connectivity index (χ1v) is 9.49. The molecular weight excluding hydrogens is 326 g/mol. The summed E-state index contributed by atoms with van der Waals surface area (Å²) in [6.07, 6.45) is 6.19. The number of aromatic nitrogens is 2. The van der Waals surface area contributed by atoms with Gasteiger partial charge in [-0.25, -0.2) is 13.4 Å². The molecule has 0 amide bonds. The van der Waals surface area contributed by atoms with Gasteiger partial charge in [-0.3, -0.25) is 0 Å². The maximum Gasteiger partial charge on any atom is 0.246 e. The third kappa shape index (κ3) is 3.06. The number of hydrogen-bond donors (Lipinski definition) is 0. The van der Waals surface area contributed by atoms with Gasteiger partial charge in [-0.05, 0) is 37.0 Å². The quantitative estimate of drug-likeness (QED) is 0.851. The molecule has 1 aromatic carbocycles. The number of aryl methyl sites for hydroxylation is 1. The van der Waals surface area contributed by atoms with E-state index in [1.54, 1.807) is 29.0 Å². The lowest BCUT2D eigenvalue weighted by Gasteiger charge is -2.37. The lowest BCUT2D eigenvalue weighted by molar-refractivity contribution is 0.200. The highest BCUT2D eigenvalue weighted by Crippen LogP contribution is 2.34. The van der Waals surface area contributed by atoms with Gasteiger partial charge in [0.25, 0.3) is 0 Å². The average molecular weight is 349 g/mol. The Labute approximate surface area is 143 Å². The molecule has 6 nitrogen and oxygen atoms in total. The van der Waals surface area contributed by atoms with Crippen molar-refractivity contribution in [1.29, 1.82) is 0 Å². The molecule has 1 aliphatic rings. The van der Waals surface area contributed by atoms with Crippen LogP contribution in [0.4, 0.5) is 0 Å². The van der Waals surface area contributed by atoms with Crippen molar-refractivity contribution >= 4 is 10.0 Å². The molecule has 3 rings (SSSR count). The number of sulfonamides is 1. The second kappa shape index (κ2) is 6.57. The molecular formula is C17H23N3O3S. The Morgan fingerprint density at radius 1 is 1.33 bits per heavy atom. The normalized spacial score (nSPS) is 22.5. The van der Waals surface area contributed by atoms with E-state index in [1.165, 1.54) is 7.11 Å². The summed E-state index contributed by atoms with van der Waals surface area (Å²) < 4.78 is 35.2. The third-order valence-electron chi connectivity index (χ3n) is 4.73. The van der Waals surface area contributed by atoms with Crippen LogP contribution in [0.2, 0.25) is 0 Å². The standard InChI is InChI=1S/C17H23N3O3S/c1-13-4-5-16(23-3)17(10-13)24(21,22)20-8-6-14(2)15(11-20)19-9-7-18-12-19/h4-5,7,9-10,12,14-15H,6,8,11H2,1-3H3/t14-,15-/m0/s1. The highest BCUT2D eigenvalue weighted by Gasteiger charge is 2.35. The van der Waals surface area contributed by atoms with Crippen LogP contribution >= 0.6 is 0 Å². The predicted octanol–water partition coefficient (Wildman–Crippen LogP) is 2.47. The van der Waals surface area contributed by atoms with E-state index in [0.29, 0.717) is 24.8 Å². The van der Waals surface area contributed by atoms with Gasteiger partial charge in [0.1, 0.15) is 10.6 Å². The lowest BCUT2D eigenvalue weighted by Crippen LogP contribution is -2.43. The van der Waals surface area contributed by atoms with Gasteiger partial charge in [0.2, 0.25) is 10.0 Å². The first kappa shape index (κ1) is 17.0. The van der Waals surface area contributed by atoms with E-state index in [4.69, 9.17) is 4.74 Å². The van der Waals surface area contributed by atoms with Crippen molar-refractivity contribution in [2.24, 2.45) is 5.92 Å². The number of imidazole rings is 1. The zero-order valence-electron chi connectivity index (χ0n) is 14.2. The van der Waals surface area contributed by atoms with Crippen molar-refractivity contribution in [3.8, 4) is 5.75 Å². The van der Waals surface area contributed by atoms with Crippen LogP contribution in [0.15, 0.2) is 41.8 Å². The first-order chi connectivity index (χ1) is 11.4. The molecule has 0 N–H and O–H groups in total. The summed E-state index contributed by atoms with van der Waals surface area (Å²) in [5, 5.41) is 0. The number of methoxy groups -OCH3 is 1. The highest BCUT2D eigenvalue weighted by atomic mass is 32.2. The van der Waals surface area contributed by atoms with Gasteiger partial charge >= 0.3 is 0 Å². The SMILES string of the molecule is COc1ccc(C)cc1S(=O)(=O)N1CC[C@H](C)[C@@H](n2ccnc2)C1. The molecule has 1 aromatic heterocycles. The van der Waals surface area contributed by atoms with Crippen molar-refractivity contribution < 1.29 is 13.2 Å². The minimum atomic E-state index is -3.60. The van der Waals surface area contributed by atoms with Crippen LogP contribution in [0.5, 0.6) is 5.75 Å². The van der Waals surface area contributed by atoms with Crippen LogP contribution < -0.4 is 4.74 Å². The molecule has 0 saturated carbocycles. The van der Waals surface area contributed by atoms with Crippen LogP contribution in [-0.4, -0.2) is 42.5 Å². The number of benzene rings is 1. The molecule has 0 spiro atoms. The molecule has 0 unspecified atom stereocenters. The Hall–Kier alpha value is -1.86. The van der Waals surface area contributed by atoms with Crippen molar-refractivity contribution in [2.45, 2.75) is 31.2 Å². The van der Waals surface area contributed by atoms with Crippen LogP contribution in [0.1, 0.15) is 24.9 Å². The zero-order chi connectivity index (χ0) is 17.3. The van der Waals surface area contributed by atoms with Gasteiger partial charge in [-0.1, -0.05) is 13.0 Å². The van der Waals surface area contributed by atoms with E-state index in [9.17, 15) is 8.42 Å². The van der Waals surface area contributed by atoms with Crippen molar-refractivity contribution in [2.75, 3.05) is 20.2 Å². The van der Waals surface area contributed by atoms with Gasteiger partial charge in [0.05, 0.1) is 19.5 Å². The van der Waals surface area contributed by atoms with Crippen LogP contribution in [0, 0.1) is 12.8 Å². The maximum absolute atomic E-state index is 13.2. The minimum Gasteiger partial charge on any atom is -0.495 e. The van der Waals surface area contributed by atoms with Crippen molar-refractivity contribution in [3.63, 3.8) is 0 Å². The lowest BCUT2D eigenvalue weighted by atomic mass is 9.95. The molecule has 1 aliphatic heterocycles. The van der Waals surface area contributed by atoms with Gasteiger partial charge in [-0.15, -0.1) is 0 Å². The molecule has 24 heavy (non-hydrogen) atoms. The van der Waals surface area contributed by atoms with E-state index >= 15 is 0 Å². The summed E-state index contributed by atoms with van der Waals surface area (Å²) in [6, 6.07) is 5.33.